The smallest absolute Gasteiger partial charge is 0.144 e. The molecule has 0 radical (unpaired) electrons. The van der Waals surface area contributed by atoms with Crippen LogP contribution in [-0.2, 0) is 0 Å². The van der Waals surface area contributed by atoms with E-state index >= 15 is 0 Å². The number of hydrogen-bond donors (Lipinski definition) is 2. The Kier molecular flexibility index (Phi) is 4.76. The molecule has 90 valence electrons. The Balaban J connectivity index is 2.75. The fourth-order valence-corrected chi connectivity index (χ4v) is 1.32. The molecule has 0 fully saturated rings. The minimum Gasteiger partial charge on any atom is -0.492 e. The van der Waals surface area contributed by atoms with Gasteiger partial charge in [0.25, 0.3) is 0 Å². The fourth-order valence-electron chi connectivity index (χ4n) is 1.32. The van der Waals surface area contributed by atoms with Gasteiger partial charge >= 0.3 is 0 Å². The van der Waals surface area contributed by atoms with E-state index in [0.717, 1.165) is 12.8 Å². The molecule has 16 heavy (non-hydrogen) atoms. The summed E-state index contributed by atoms with van der Waals surface area (Å²) in [6, 6.07) is 3.43. The molecule has 0 unspecified atom stereocenters. The minimum atomic E-state index is 0.558. The Labute approximate surface area is 96.5 Å². The summed E-state index contributed by atoms with van der Waals surface area (Å²) < 4.78 is 10.9. The zero-order chi connectivity index (χ0) is 12.0. The largest absolute Gasteiger partial charge is 0.492 e. The molecule has 0 saturated heterocycles. The molecule has 0 aromatic heterocycles. The number of nitrogen functional groups attached to an aromatic ring is 2. The Morgan fingerprint density at radius 3 is 2.06 bits per heavy atom. The summed E-state index contributed by atoms with van der Waals surface area (Å²) in [4.78, 5) is 0. The zero-order valence-electron chi connectivity index (χ0n) is 9.95. The van der Waals surface area contributed by atoms with Gasteiger partial charge in [-0.1, -0.05) is 13.3 Å². The van der Waals surface area contributed by atoms with Crippen molar-refractivity contribution >= 4 is 11.4 Å². The number of nitrogens with two attached hydrogens (primary N) is 2. The van der Waals surface area contributed by atoms with Crippen LogP contribution in [0.5, 0.6) is 11.5 Å². The van der Waals surface area contributed by atoms with Gasteiger partial charge in [0.05, 0.1) is 24.6 Å². The molecular formula is C12H20N2O2. The average molecular weight is 224 g/mol. The van der Waals surface area contributed by atoms with Gasteiger partial charge in [0.2, 0.25) is 0 Å². The first-order valence-electron chi connectivity index (χ1n) is 5.63. The molecule has 0 aliphatic carbocycles. The number of unbranched alkanes of at least 4 members (excludes halogenated alkanes) is 1. The molecule has 0 bridgehead atoms. The normalized spacial score (nSPS) is 10.1. The van der Waals surface area contributed by atoms with E-state index in [4.69, 9.17) is 20.9 Å². The lowest BCUT2D eigenvalue weighted by Crippen LogP contribution is -2.03. The minimum absolute atomic E-state index is 0.558. The van der Waals surface area contributed by atoms with Crippen molar-refractivity contribution < 1.29 is 9.47 Å². The highest BCUT2D eigenvalue weighted by Gasteiger charge is 2.07. The van der Waals surface area contributed by atoms with E-state index in [1.807, 2.05) is 6.92 Å². The van der Waals surface area contributed by atoms with Crippen molar-refractivity contribution in [3.05, 3.63) is 12.1 Å². The van der Waals surface area contributed by atoms with E-state index in [-0.39, 0.29) is 0 Å². The van der Waals surface area contributed by atoms with Crippen LogP contribution in [-0.4, -0.2) is 13.2 Å². The quantitative estimate of drug-likeness (QED) is 0.575. The third-order valence-corrected chi connectivity index (χ3v) is 2.20. The zero-order valence-corrected chi connectivity index (χ0v) is 9.95. The molecule has 4 N–H and O–H groups in total. The summed E-state index contributed by atoms with van der Waals surface area (Å²) in [6.07, 6.45) is 2.10. The molecule has 4 nitrogen and oxygen atoms in total. The summed E-state index contributed by atoms with van der Waals surface area (Å²) in [5.41, 5.74) is 12.8. The summed E-state index contributed by atoms with van der Waals surface area (Å²) in [7, 11) is 0. The average Bonchev–Trinajstić information content (AvgIpc) is 2.25. The number of hydrogen-bond acceptors (Lipinski definition) is 4. The van der Waals surface area contributed by atoms with Crippen LogP contribution in [0.3, 0.4) is 0 Å². The topological polar surface area (TPSA) is 70.5 Å². The molecule has 0 aliphatic rings. The molecule has 4 heteroatoms. The highest BCUT2D eigenvalue weighted by molar-refractivity contribution is 5.67. The maximum absolute atomic E-state index is 5.84. The second kappa shape index (κ2) is 6.10. The van der Waals surface area contributed by atoms with Crippen LogP contribution in [0.15, 0.2) is 12.1 Å². The lowest BCUT2D eigenvalue weighted by atomic mass is 10.2. The van der Waals surface area contributed by atoms with Gasteiger partial charge in [0.1, 0.15) is 11.5 Å². The maximum Gasteiger partial charge on any atom is 0.144 e. The second-order valence-corrected chi connectivity index (χ2v) is 3.56. The maximum atomic E-state index is 5.84. The van der Waals surface area contributed by atoms with Crippen molar-refractivity contribution in [1.82, 2.24) is 0 Å². The van der Waals surface area contributed by atoms with Crippen molar-refractivity contribution in [2.45, 2.75) is 26.7 Å². The lowest BCUT2D eigenvalue weighted by molar-refractivity contribution is 0.309. The van der Waals surface area contributed by atoms with Crippen molar-refractivity contribution in [3.8, 4) is 11.5 Å². The summed E-state index contributed by atoms with van der Waals surface area (Å²) >= 11 is 0. The predicted octanol–water partition coefficient (Wildman–Crippen LogP) is 2.43. The molecule has 0 aliphatic heterocycles. The molecule has 1 aromatic carbocycles. The third kappa shape index (κ3) is 3.22. The van der Waals surface area contributed by atoms with Gasteiger partial charge in [-0.2, -0.15) is 0 Å². The van der Waals surface area contributed by atoms with E-state index in [2.05, 4.69) is 6.92 Å². The van der Waals surface area contributed by atoms with E-state index in [0.29, 0.717) is 36.1 Å². The van der Waals surface area contributed by atoms with Gasteiger partial charge in [-0.05, 0) is 13.3 Å². The predicted molar refractivity (Wildman–Crippen MR) is 66.8 cm³/mol. The molecule has 1 rings (SSSR count). The van der Waals surface area contributed by atoms with Gasteiger partial charge in [-0.3, -0.25) is 0 Å². The number of benzene rings is 1. The fraction of sp³-hybridized carbons (Fsp3) is 0.500. The van der Waals surface area contributed by atoms with Gasteiger partial charge < -0.3 is 20.9 Å². The SMILES string of the molecule is CCCCOc1cc(N)c(OCC)cc1N. The molecule has 1 aromatic rings. The molecule has 0 saturated carbocycles. The summed E-state index contributed by atoms with van der Waals surface area (Å²) in [6.45, 7) is 5.24. The van der Waals surface area contributed by atoms with Gasteiger partial charge in [-0.15, -0.1) is 0 Å². The summed E-state index contributed by atoms with van der Waals surface area (Å²) in [5, 5.41) is 0. The highest BCUT2D eigenvalue weighted by Crippen LogP contribution is 2.32. The number of ether oxygens (including phenoxy) is 2. The monoisotopic (exact) mass is 224 g/mol. The van der Waals surface area contributed by atoms with Crippen LogP contribution >= 0.6 is 0 Å². The Morgan fingerprint density at radius 1 is 1.00 bits per heavy atom. The first-order valence-corrected chi connectivity index (χ1v) is 5.63. The Bertz CT molecular complexity index is 340. The van der Waals surface area contributed by atoms with E-state index < -0.39 is 0 Å². The van der Waals surface area contributed by atoms with Gasteiger partial charge in [-0.25, -0.2) is 0 Å². The van der Waals surface area contributed by atoms with Crippen molar-refractivity contribution in [2.24, 2.45) is 0 Å². The second-order valence-electron chi connectivity index (χ2n) is 3.56. The van der Waals surface area contributed by atoms with Crippen molar-refractivity contribution in [1.29, 1.82) is 0 Å². The van der Waals surface area contributed by atoms with E-state index in [9.17, 15) is 0 Å². The first kappa shape index (κ1) is 12.5. The molecule has 0 amide bonds. The molecular weight excluding hydrogens is 204 g/mol. The highest BCUT2D eigenvalue weighted by atomic mass is 16.5. The van der Waals surface area contributed by atoms with Crippen LogP contribution in [0.4, 0.5) is 11.4 Å². The molecule has 0 atom stereocenters. The van der Waals surface area contributed by atoms with Crippen molar-refractivity contribution in [2.75, 3.05) is 24.7 Å². The van der Waals surface area contributed by atoms with E-state index in [1.54, 1.807) is 12.1 Å². The van der Waals surface area contributed by atoms with Crippen LogP contribution < -0.4 is 20.9 Å². The standard InChI is InChI=1S/C12H20N2O2/c1-3-5-6-16-12-8-9(13)11(15-4-2)7-10(12)14/h7-8H,3-6,13-14H2,1-2H3. The first-order chi connectivity index (χ1) is 7.69. The Hall–Kier alpha value is -1.58. The third-order valence-electron chi connectivity index (χ3n) is 2.20. The number of rotatable bonds is 6. The van der Waals surface area contributed by atoms with Crippen LogP contribution in [0.2, 0.25) is 0 Å². The number of anilines is 2. The van der Waals surface area contributed by atoms with Gasteiger partial charge in [0.15, 0.2) is 0 Å². The Morgan fingerprint density at radius 2 is 1.56 bits per heavy atom. The lowest BCUT2D eigenvalue weighted by Gasteiger charge is -2.12. The van der Waals surface area contributed by atoms with Crippen LogP contribution in [0.1, 0.15) is 26.7 Å². The molecule has 0 heterocycles. The van der Waals surface area contributed by atoms with Gasteiger partial charge in [0, 0.05) is 12.1 Å². The van der Waals surface area contributed by atoms with Crippen LogP contribution in [0.25, 0.3) is 0 Å². The van der Waals surface area contributed by atoms with E-state index in [1.165, 1.54) is 0 Å². The van der Waals surface area contributed by atoms with Crippen molar-refractivity contribution in [3.63, 3.8) is 0 Å². The summed E-state index contributed by atoms with van der Waals surface area (Å²) in [5.74, 6) is 1.25. The van der Waals surface area contributed by atoms with Crippen LogP contribution in [0, 0.1) is 0 Å². The molecule has 0 spiro atoms.